The van der Waals surface area contributed by atoms with E-state index in [9.17, 15) is 9.59 Å². The van der Waals surface area contributed by atoms with Crippen molar-refractivity contribution < 1.29 is 19.1 Å². The Balaban J connectivity index is 2.32. The second kappa shape index (κ2) is 9.67. The quantitative estimate of drug-likeness (QED) is 0.724. The molecule has 2 amide bonds. The van der Waals surface area contributed by atoms with Crippen LogP contribution >= 0.6 is 0 Å². The van der Waals surface area contributed by atoms with Crippen LogP contribution in [0.5, 0.6) is 0 Å². The van der Waals surface area contributed by atoms with Crippen molar-refractivity contribution in [2.75, 3.05) is 26.2 Å². The minimum absolute atomic E-state index is 0.114. The van der Waals surface area contributed by atoms with Gasteiger partial charge in [0.15, 0.2) is 0 Å². The average Bonchev–Trinajstić information content (AvgIpc) is 2.51. The summed E-state index contributed by atoms with van der Waals surface area (Å²) in [6.07, 6.45) is 3.78. The van der Waals surface area contributed by atoms with Crippen LogP contribution < -0.4 is 5.32 Å². The molecule has 1 aliphatic heterocycles. The van der Waals surface area contributed by atoms with Gasteiger partial charge in [-0.2, -0.15) is 0 Å². The van der Waals surface area contributed by atoms with Crippen molar-refractivity contribution in [2.24, 2.45) is 5.92 Å². The van der Waals surface area contributed by atoms with Gasteiger partial charge >= 0.3 is 6.09 Å². The highest BCUT2D eigenvalue weighted by Crippen LogP contribution is 2.21. The van der Waals surface area contributed by atoms with E-state index in [1.165, 1.54) is 0 Å². The zero-order valence-electron chi connectivity index (χ0n) is 15.5. The Bertz CT molecular complexity index is 431. The molecule has 0 aromatic rings. The first-order chi connectivity index (χ1) is 11.2. The van der Waals surface area contributed by atoms with E-state index in [4.69, 9.17) is 9.47 Å². The van der Waals surface area contributed by atoms with Crippen LogP contribution in [0.4, 0.5) is 4.79 Å². The molecule has 6 nitrogen and oxygen atoms in total. The van der Waals surface area contributed by atoms with E-state index in [0.29, 0.717) is 25.6 Å². The van der Waals surface area contributed by atoms with E-state index in [1.807, 2.05) is 20.8 Å². The largest absolute Gasteiger partial charge is 0.444 e. The Morgan fingerprint density at radius 1 is 1.42 bits per heavy atom. The summed E-state index contributed by atoms with van der Waals surface area (Å²) in [6, 6.07) is 0. The van der Waals surface area contributed by atoms with Crippen LogP contribution in [0, 0.1) is 5.92 Å². The Morgan fingerprint density at radius 3 is 2.75 bits per heavy atom. The lowest BCUT2D eigenvalue weighted by atomic mass is 9.95. The molecule has 0 aliphatic carbocycles. The zero-order valence-corrected chi connectivity index (χ0v) is 15.5. The molecular formula is C18H32N2O4. The molecule has 1 fully saturated rings. The number of carbonyl (C=O) groups is 2. The van der Waals surface area contributed by atoms with Gasteiger partial charge in [0.25, 0.3) is 0 Å². The van der Waals surface area contributed by atoms with E-state index >= 15 is 0 Å². The predicted molar refractivity (Wildman–Crippen MR) is 93.8 cm³/mol. The summed E-state index contributed by atoms with van der Waals surface area (Å²) >= 11 is 0. The van der Waals surface area contributed by atoms with Crippen molar-refractivity contribution in [1.29, 1.82) is 0 Å². The van der Waals surface area contributed by atoms with E-state index < -0.39 is 11.7 Å². The van der Waals surface area contributed by atoms with Crippen LogP contribution in [0.3, 0.4) is 0 Å². The van der Waals surface area contributed by atoms with Crippen molar-refractivity contribution in [3.8, 4) is 0 Å². The van der Waals surface area contributed by atoms with Gasteiger partial charge in [0.1, 0.15) is 11.7 Å². The van der Waals surface area contributed by atoms with E-state index in [-0.39, 0.29) is 12.0 Å². The molecule has 0 radical (unpaired) electrons. The van der Waals surface area contributed by atoms with Crippen LogP contribution in [0.25, 0.3) is 0 Å². The fraction of sp³-hybridized carbons (Fsp3) is 0.778. The minimum atomic E-state index is -0.479. The predicted octanol–water partition coefficient (Wildman–Crippen LogP) is 2.73. The van der Waals surface area contributed by atoms with Crippen LogP contribution in [0.1, 0.15) is 47.0 Å². The number of amides is 2. The summed E-state index contributed by atoms with van der Waals surface area (Å²) < 4.78 is 10.7. The fourth-order valence-electron chi connectivity index (χ4n) is 2.62. The maximum Gasteiger partial charge on any atom is 0.410 e. The second-order valence-electron chi connectivity index (χ2n) is 7.28. The number of nitrogens with one attached hydrogen (secondary N) is 1. The third-order valence-electron chi connectivity index (χ3n) is 3.86. The molecule has 1 heterocycles. The maximum atomic E-state index is 12.1. The molecule has 2 atom stereocenters. The monoisotopic (exact) mass is 340 g/mol. The van der Waals surface area contributed by atoms with Gasteiger partial charge in [-0.05, 0) is 52.9 Å². The van der Waals surface area contributed by atoms with Crippen LogP contribution in [-0.4, -0.2) is 54.8 Å². The van der Waals surface area contributed by atoms with Gasteiger partial charge < -0.3 is 19.7 Å². The first-order valence-electron chi connectivity index (χ1n) is 8.71. The summed E-state index contributed by atoms with van der Waals surface area (Å²) in [6.45, 7) is 13.3. The molecule has 0 aromatic heterocycles. The van der Waals surface area contributed by atoms with Crippen LogP contribution in [0.15, 0.2) is 12.7 Å². The smallest absolute Gasteiger partial charge is 0.410 e. The molecule has 0 aromatic carbocycles. The lowest BCUT2D eigenvalue weighted by molar-refractivity contribution is -0.131. The van der Waals surface area contributed by atoms with Crippen molar-refractivity contribution in [2.45, 2.75) is 58.7 Å². The van der Waals surface area contributed by atoms with Crippen LogP contribution in [-0.2, 0) is 14.3 Å². The van der Waals surface area contributed by atoms with E-state index in [1.54, 1.807) is 17.9 Å². The Morgan fingerprint density at radius 2 is 2.12 bits per heavy atom. The van der Waals surface area contributed by atoms with Gasteiger partial charge in [0, 0.05) is 19.6 Å². The number of hydrogen-bond acceptors (Lipinski definition) is 4. The van der Waals surface area contributed by atoms with Crippen molar-refractivity contribution in [3.05, 3.63) is 12.7 Å². The third kappa shape index (κ3) is 7.81. The molecule has 6 heteroatoms. The van der Waals surface area contributed by atoms with Gasteiger partial charge in [-0.15, -0.1) is 6.58 Å². The minimum Gasteiger partial charge on any atom is -0.444 e. The molecule has 1 saturated heterocycles. The van der Waals surface area contributed by atoms with Crippen LogP contribution in [0.2, 0.25) is 0 Å². The average molecular weight is 340 g/mol. The number of hydrogen-bond donors (Lipinski definition) is 1. The standard InChI is InChI=1S/C18H32N2O4/c1-6-12-23-14(2)16(21)19-10-9-15-8-7-11-20(13-15)17(22)24-18(3,4)5/h6,14-15H,1,7-13H2,2-5H3,(H,19,21)/t14-,15+/m1/s1. The molecule has 0 unspecified atom stereocenters. The molecule has 1 aliphatic rings. The summed E-state index contributed by atoms with van der Waals surface area (Å²) in [7, 11) is 0. The van der Waals surface area contributed by atoms with Gasteiger partial charge in [0.05, 0.1) is 6.61 Å². The number of likely N-dealkylation sites (tertiary alicyclic amines) is 1. The Labute approximate surface area is 145 Å². The summed E-state index contributed by atoms with van der Waals surface area (Å²) in [4.78, 5) is 25.8. The molecule has 1 N–H and O–H groups in total. The summed E-state index contributed by atoms with van der Waals surface area (Å²) in [5.74, 6) is 0.271. The van der Waals surface area contributed by atoms with Crippen molar-refractivity contribution in [3.63, 3.8) is 0 Å². The van der Waals surface area contributed by atoms with Gasteiger partial charge in [-0.25, -0.2) is 4.79 Å². The van der Waals surface area contributed by atoms with Crippen molar-refractivity contribution in [1.82, 2.24) is 10.2 Å². The highest BCUT2D eigenvalue weighted by atomic mass is 16.6. The molecular weight excluding hydrogens is 308 g/mol. The normalized spacial score (nSPS) is 19.5. The number of nitrogens with zero attached hydrogens (tertiary/aromatic N) is 1. The van der Waals surface area contributed by atoms with Gasteiger partial charge in [-0.1, -0.05) is 6.08 Å². The van der Waals surface area contributed by atoms with Gasteiger partial charge in [0.2, 0.25) is 5.91 Å². The Hall–Kier alpha value is -1.56. The molecule has 1 rings (SSSR count). The number of piperidine rings is 1. The maximum absolute atomic E-state index is 12.1. The number of carbonyl (C=O) groups excluding carboxylic acids is 2. The summed E-state index contributed by atoms with van der Waals surface area (Å²) in [5, 5.41) is 2.89. The zero-order chi connectivity index (χ0) is 18.2. The second-order valence-corrected chi connectivity index (χ2v) is 7.28. The third-order valence-corrected chi connectivity index (χ3v) is 3.86. The molecule has 24 heavy (non-hydrogen) atoms. The Kier molecular flexibility index (Phi) is 8.25. The first-order valence-corrected chi connectivity index (χ1v) is 8.71. The SMILES string of the molecule is C=CCO[C@H](C)C(=O)NCC[C@@H]1CCCN(C(=O)OC(C)(C)C)C1. The molecule has 0 saturated carbocycles. The lowest BCUT2D eigenvalue weighted by Gasteiger charge is -2.34. The first kappa shape index (κ1) is 20.5. The van der Waals surface area contributed by atoms with Gasteiger partial charge in [-0.3, -0.25) is 4.79 Å². The van der Waals surface area contributed by atoms with Crippen molar-refractivity contribution >= 4 is 12.0 Å². The highest BCUT2D eigenvalue weighted by molar-refractivity contribution is 5.80. The molecule has 138 valence electrons. The molecule has 0 spiro atoms. The highest BCUT2D eigenvalue weighted by Gasteiger charge is 2.27. The fourth-order valence-corrected chi connectivity index (χ4v) is 2.62. The van der Waals surface area contributed by atoms with E-state index in [2.05, 4.69) is 11.9 Å². The summed E-state index contributed by atoms with van der Waals surface area (Å²) in [5.41, 5.74) is -0.473. The number of rotatable bonds is 7. The molecule has 0 bridgehead atoms. The topological polar surface area (TPSA) is 67.9 Å². The lowest BCUT2D eigenvalue weighted by Crippen LogP contribution is -2.43. The van der Waals surface area contributed by atoms with E-state index in [0.717, 1.165) is 25.8 Å². The number of ether oxygens (including phenoxy) is 2.